The summed E-state index contributed by atoms with van der Waals surface area (Å²) in [5, 5.41) is 0. The van der Waals surface area contributed by atoms with Crippen LogP contribution in [0.15, 0.2) is 46.2 Å². The van der Waals surface area contributed by atoms with Crippen LogP contribution in [-0.4, -0.2) is 38.9 Å². The number of nitrogens with zero attached hydrogens (tertiary/aromatic N) is 1. The van der Waals surface area contributed by atoms with Crippen LogP contribution >= 0.6 is 0 Å². The fourth-order valence-electron chi connectivity index (χ4n) is 2.88. The topological polar surface area (TPSA) is 182 Å². The number of aliphatic imine (C=N–C) groups is 1. The zero-order valence-corrected chi connectivity index (χ0v) is 18.0. The van der Waals surface area contributed by atoms with E-state index in [9.17, 15) is 18.0 Å². The average molecular weight is 451 g/mol. The Bertz CT molecular complexity index is 1100. The number of primary amides is 1. The molecule has 12 heteroatoms. The van der Waals surface area contributed by atoms with Crippen LogP contribution in [0.1, 0.15) is 29.2 Å². The van der Waals surface area contributed by atoms with E-state index in [1.54, 1.807) is 37.3 Å². The Labute approximate surface area is 179 Å². The minimum Gasteiger partial charge on any atom is -0.369 e. The van der Waals surface area contributed by atoms with Crippen LogP contribution < -0.4 is 27.2 Å². The molecule has 0 bridgehead atoms. The minimum atomic E-state index is -3.94. The third kappa shape index (κ3) is 7.12. The molecule has 168 valence electrons. The van der Waals surface area contributed by atoms with Crippen LogP contribution in [0.5, 0.6) is 0 Å². The Kier molecular flexibility index (Phi) is 8.16. The molecule has 0 radical (unpaired) electrons. The van der Waals surface area contributed by atoms with Gasteiger partial charge in [0.2, 0.25) is 21.9 Å². The number of nitrogens with one attached hydrogen (secondary N) is 3. The summed E-state index contributed by atoms with van der Waals surface area (Å²) in [5.41, 5.74) is 13.6. The van der Waals surface area contributed by atoms with Crippen LogP contribution in [-0.2, 0) is 25.4 Å². The number of nitrogens with two attached hydrogens (primary N) is 2. The quantitative estimate of drug-likeness (QED) is 0.147. The fraction of sp³-hybridized carbons (Fsp3) is 0.316. The summed E-state index contributed by atoms with van der Waals surface area (Å²) < 4.78 is 27.7. The molecule has 1 amide bonds. The van der Waals surface area contributed by atoms with Crippen molar-refractivity contribution in [1.82, 2.24) is 10.5 Å². The van der Waals surface area contributed by atoms with Crippen LogP contribution in [0.4, 0.5) is 5.69 Å². The maximum absolute atomic E-state index is 12.7. The molecule has 0 aliphatic carbocycles. The lowest BCUT2D eigenvalue weighted by molar-refractivity contribution is -0.120. The highest BCUT2D eigenvalue weighted by atomic mass is 32.2. The number of sulfonamides is 1. The van der Waals surface area contributed by atoms with Crippen molar-refractivity contribution in [2.24, 2.45) is 16.5 Å². The number of anilines is 1. The van der Waals surface area contributed by atoms with Crippen molar-refractivity contribution in [1.29, 1.82) is 0 Å². The van der Waals surface area contributed by atoms with Gasteiger partial charge in [0.05, 0.1) is 18.3 Å². The molecular weight excluding hydrogens is 424 g/mol. The van der Waals surface area contributed by atoms with Crippen LogP contribution in [0.25, 0.3) is 0 Å². The number of pyridine rings is 1. The van der Waals surface area contributed by atoms with Crippen molar-refractivity contribution in [3.05, 3.63) is 63.6 Å². The molecule has 1 unspecified atom stereocenters. The SMILES string of the molecule is CN=C(N)NOCCC(C(N)=O)c1cc(C)[nH]c(=O)c1NS(=O)(=O)Cc1ccccc1. The standard InChI is InChI=1S/C19H26N6O5S/c1-12-10-15(14(17(20)26)8-9-30-24-19(21)22-2)16(18(27)23-12)25-31(28,29)11-13-6-4-3-5-7-13/h3-7,10,14,25H,8-9,11H2,1-2H3,(H2,20,26)(H,23,27)(H3,21,22,24). The van der Waals surface area contributed by atoms with Crippen molar-refractivity contribution in [2.45, 2.75) is 25.0 Å². The largest absolute Gasteiger partial charge is 0.369 e. The first-order chi connectivity index (χ1) is 14.6. The monoisotopic (exact) mass is 450 g/mol. The van der Waals surface area contributed by atoms with Gasteiger partial charge in [-0.25, -0.2) is 13.9 Å². The lowest BCUT2D eigenvalue weighted by Gasteiger charge is -2.19. The Morgan fingerprint density at radius 1 is 1.26 bits per heavy atom. The van der Waals surface area contributed by atoms with Gasteiger partial charge < -0.3 is 16.5 Å². The van der Waals surface area contributed by atoms with E-state index in [1.165, 1.54) is 13.1 Å². The van der Waals surface area contributed by atoms with E-state index in [0.29, 0.717) is 11.3 Å². The second-order valence-electron chi connectivity index (χ2n) is 6.76. The molecule has 7 N–H and O–H groups in total. The maximum atomic E-state index is 12.7. The third-order valence-electron chi connectivity index (χ3n) is 4.30. The van der Waals surface area contributed by atoms with E-state index in [1.807, 2.05) is 0 Å². The number of hydrogen-bond donors (Lipinski definition) is 5. The molecule has 1 atom stereocenters. The van der Waals surface area contributed by atoms with Crippen LogP contribution in [0.2, 0.25) is 0 Å². The van der Waals surface area contributed by atoms with Gasteiger partial charge in [-0.3, -0.25) is 24.1 Å². The summed E-state index contributed by atoms with van der Waals surface area (Å²) in [4.78, 5) is 36.0. The molecule has 0 spiro atoms. The maximum Gasteiger partial charge on any atom is 0.272 e. The number of aryl methyl sites for hydroxylation is 1. The molecule has 0 fully saturated rings. The number of benzene rings is 1. The van der Waals surface area contributed by atoms with E-state index in [0.717, 1.165) is 0 Å². The van der Waals surface area contributed by atoms with Gasteiger partial charge in [-0.15, -0.1) is 0 Å². The summed E-state index contributed by atoms with van der Waals surface area (Å²) in [6.07, 6.45) is 0.0651. The van der Waals surface area contributed by atoms with Crippen molar-refractivity contribution in [3.8, 4) is 0 Å². The second kappa shape index (κ2) is 10.6. The number of hydrogen-bond acceptors (Lipinski definition) is 6. The summed E-state index contributed by atoms with van der Waals surface area (Å²) in [7, 11) is -2.48. The number of carbonyl (C=O) groups excluding carboxylic acids is 1. The molecule has 2 aromatic rings. The van der Waals surface area contributed by atoms with Crippen LogP contribution in [0, 0.1) is 6.92 Å². The van der Waals surface area contributed by atoms with Crippen molar-refractivity contribution in [3.63, 3.8) is 0 Å². The predicted molar refractivity (Wildman–Crippen MR) is 118 cm³/mol. The Morgan fingerprint density at radius 2 is 1.94 bits per heavy atom. The van der Waals surface area contributed by atoms with Gasteiger partial charge in [0.25, 0.3) is 5.56 Å². The average Bonchev–Trinajstić information content (AvgIpc) is 2.70. The summed E-state index contributed by atoms with van der Waals surface area (Å²) in [6.45, 7) is 1.60. The Hall–Kier alpha value is -3.38. The highest BCUT2D eigenvalue weighted by molar-refractivity contribution is 7.91. The second-order valence-corrected chi connectivity index (χ2v) is 8.48. The number of hydroxylamine groups is 1. The number of aromatic amines is 1. The molecule has 11 nitrogen and oxygen atoms in total. The molecule has 1 aromatic heterocycles. The van der Waals surface area contributed by atoms with Crippen molar-refractivity contribution < 1.29 is 18.0 Å². The number of amides is 1. The zero-order valence-electron chi connectivity index (χ0n) is 17.2. The van der Waals surface area contributed by atoms with Crippen molar-refractivity contribution in [2.75, 3.05) is 18.4 Å². The molecule has 1 aromatic carbocycles. The summed E-state index contributed by atoms with van der Waals surface area (Å²) in [6, 6.07) is 10.0. The van der Waals surface area contributed by atoms with Crippen LogP contribution in [0.3, 0.4) is 0 Å². The number of carbonyl (C=O) groups is 1. The van der Waals surface area contributed by atoms with E-state index in [-0.39, 0.29) is 36.0 Å². The highest BCUT2D eigenvalue weighted by Gasteiger charge is 2.26. The Morgan fingerprint density at radius 3 is 2.55 bits per heavy atom. The molecule has 0 saturated heterocycles. The number of rotatable bonds is 10. The Balaban J connectivity index is 2.31. The predicted octanol–water partition coefficient (Wildman–Crippen LogP) is 0.0499. The molecule has 31 heavy (non-hydrogen) atoms. The smallest absolute Gasteiger partial charge is 0.272 e. The normalized spacial score (nSPS) is 12.9. The van der Waals surface area contributed by atoms with Gasteiger partial charge in [-0.1, -0.05) is 30.3 Å². The molecule has 0 aliphatic rings. The van der Waals surface area contributed by atoms with E-state index >= 15 is 0 Å². The van der Waals surface area contributed by atoms with E-state index in [4.69, 9.17) is 16.3 Å². The lowest BCUT2D eigenvalue weighted by atomic mass is 9.94. The van der Waals surface area contributed by atoms with Gasteiger partial charge in [0, 0.05) is 12.7 Å². The molecule has 2 rings (SSSR count). The first kappa shape index (κ1) is 23.9. The third-order valence-corrected chi connectivity index (χ3v) is 5.53. The van der Waals surface area contributed by atoms with Gasteiger partial charge in [0.15, 0.2) is 0 Å². The molecule has 0 saturated carbocycles. The molecule has 0 aliphatic heterocycles. The zero-order chi connectivity index (χ0) is 23.0. The number of guanidine groups is 1. The first-order valence-electron chi connectivity index (χ1n) is 9.30. The fourth-order valence-corrected chi connectivity index (χ4v) is 4.10. The number of aromatic nitrogens is 1. The van der Waals surface area contributed by atoms with E-state index in [2.05, 4.69) is 20.2 Å². The first-order valence-corrected chi connectivity index (χ1v) is 11.0. The van der Waals surface area contributed by atoms with Gasteiger partial charge in [-0.05, 0) is 30.5 Å². The summed E-state index contributed by atoms with van der Waals surface area (Å²) in [5.74, 6) is -2.03. The lowest BCUT2D eigenvalue weighted by Crippen LogP contribution is -2.33. The molecular formula is C19H26N6O5S. The summed E-state index contributed by atoms with van der Waals surface area (Å²) >= 11 is 0. The van der Waals surface area contributed by atoms with Gasteiger partial charge in [0.1, 0.15) is 5.69 Å². The highest BCUT2D eigenvalue weighted by Crippen LogP contribution is 2.26. The van der Waals surface area contributed by atoms with Gasteiger partial charge in [-0.2, -0.15) is 0 Å². The molecule has 1 heterocycles. The number of H-pyrrole nitrogens is 1. The van der Waals surface area contributed by atoms with E-state index < -0.39 is 27.4 Å². The van der Waals surface area contributed by atoms with Crippen molar-refractivity contribution >= 4 is 27.6 Å². The minimum absolute atomic E-state index is 0.00806. The van der Waals surface area contributed by atoms with Gasteiger partial charge >= 0.3 is 0 Å².